The molecule has 1 saturated heterocycles. The summed E-state index contributed by atoms with van der Waals surface area (Å²) in [7, 11) is 1.79. The maximum atomic E-state index is 11.8. The summed E-state index contributed by atoms with van der Waals surface area (Å²) in [6.07, 6.45) is 0.866. The van der Waals surface area contributed by atoms with Crippen LogP contribution in [0.5, 0.6) is 0 Å². The van der Waals surface area contributed by atoms with Gasteiger partial charge in [-0.1, -0.05) is 23.7 Å². The van der Waals surface area contributed by atoms with E-state index in [-0.39, 0.29) is 17.7 Å². The van der Waals surface area contributed by atoms with Gasteiger partial charge in [-0.2, -0.15) is 0 Å². The molecule has 1 atom stereocenters. The number of hydrogen-bond donors (Lipinski definition) is 1. The summed E-state index contributed by atoms with van der Waals surface area (Å²) in [5.41, 5.74) is 0.932. The van der Waals surface area contributed by atoms with Gasteiger partial charge in [-0.05, 0) is 17.7 Å². The number of nitrogens with zero attached hydrogens (tertiary/aromatic N) is 1. The van der Waals surface area contributed by atoms with Crippen LogP contribution in [0, 0.1) is 5.92 Å². The molecule has 1 fully saturated rings. The highest BCUT2D eigenvalue weighted by atomic mass is 35.5. The lowest BCUT2D eigenvalue weighted by Gasteiger charge is -2.11. The number of halogens is 1. The van der Waals surface area contributed by atoms with Crippen LogP contribution in [0.25, 0.3) is 0 Å². The average Bonchev–Trinajstić information content (AvgIpc) is 2.69. The van der Waals surface area contributed by atoms with Crippen molar-refractivity contribution in [2.75, 3.05) is 20.1 Å². The van der Waals surface area contributed by atoms with E-state index in [9.17, 15) is 9.59 Å². The van der Waals surface area contributed by atoms with Crippen molar-refractivity contribution >= 4 is 23.4 Å². The number of amides is 2. The highest BCUT2D eigenvalue weighted by molar-refractivity contribution is 6.30. The van der Waals surface area contributed by atoms with Crippen molar-refractivity contribution in [2.24, 2.45) is 5.92 Å². The predicted octanol–water partition coefficient (Wildman–Crippen LogP) is 1.48. The fourth-order valence-corrected chi connectivity index (χ4v) is 2.33. The molecular weight excluding hydrogens is 264 g/mol. The first-order chi connectivity index (χ1) is 9.04. The van der Waals surface area contributed by atoms with E-state index >= 15 is 0 Å². The van der Waals surface area contributed by atoms with E-state index in [1.165, 1.54) is 0 Å². The minimum atomic E-state index is -0.0238. The molecule has 5 heteroatoms. The molecule has 102 valence electrons. The summed E-state index contributed by atoms with van der Waals surface area (Å²) < 4.78 is 0. The van der Waals surface area contributed by atoms with Crippen LogP contribution in [-0.4, -0.2) is 36.9 Å². The van der Waals surface area contributed by atoms with Crippen molar-refractivity contribution in [3.05, 3.63) is 34.9 Å². The lowest BCUT2D eigenvalue weighted by molar-refractivity contribution is -0.126. The molecule has 2 rings (SSSR count). The average molecular weight is 281 g/mol. The Labute approximate surface area is 117 Å². The smallest absolute Gasteiger partial charge is 0.224 e. The Kier molecular flexibility index (Phi) is 4.43. The fraction of sp³-hybridized carbons (Fsp3) is 0.429. The van der Waals surface area contributed by atoms with Crippen molar-refractivity contribution in [1.82, 2.24) is 10.2 Å². The quantitative estimate of drug-likeness (QED) is 0.908. The van der Waals surface area contributed by atoms with Gasteiger partial charge in [-0.15, -0.1) is 0 Å². The summed E-state index contributed by atoms with van der Waals surface area (Å²) in [5.74, 6) is 0.355. The second-order valence-electron chi connectivity index (χ2n) is 4.95. The minimum absolute atomic E-state index is 0.0238. The molecule has 19 heavy (non-hydrogen) atoms. The zero-order chi connectivity index (χ0) is 13.8. The SMILES string of the molecule is CN1CC(CNC(=O)Cc2ccc(Cl)cc2)CC1=O. The van der Waals surface area contributed by atoms with E-state index in [1.54, 1.807) is 24.1 Å². The highest BCUT2D eigenvalue weighted by Crippen LogP contribution is 2.15. The Morgan fingerprint density at radius 1 is 1.42 bits per heavy atom. The second kappa shape index (κ2) is 6.06. The van der Waals surface area contributed by atoms with E-state index < -0.39 is 0 Å². The van der Waals surface area contributed by atoms with Crippen molar-refractivity contribution in [1.29, 1.82) is 0 Å². The third-order valence-electron chi connectivity index (χ3n) is 3.29. The molecule has 0 saturated carbocycles. The van der Waals surface area contributed by atoms with Crippen LogP contribution >= 0.6 is 11.6 Å². The van der Waals surface area contributed by atoms with Crippen LogP contribution in [-0.2, 0) is 16.0 Å². The fourth-order valence-electron chi connectivity index (χ4n) is 2.20. The Morgan fingerprint density at radius 3 is 2.68 bits per heavy atom. The van der Waals surface area contributed by atoms with Gasteiger partial charge in [0.1, 0.15) is 0 Å². The van der Waals surface area contributed by atoms with E-state index in [4.69, 9.17) is 11.6 Å². The molecule has 1 aromatic rings. The molecule has 1 N–H and O–H groups in total. The number of hydrogen-bond acceptors (Lipinski definition) is 2. The Hall–Kier alpha value is -1.55. The third kappa shape index (κ3) is 3.96. The molecular formula is C14H17ClN2O2. The van der Waals surface area contributed by atoms with E-state index in [0.29, 0.717) is 24.4 Å². The number of carbonyl (C=O) groups excluding carboxylic acids is 2. The van der Waals surface area contributed by atoms with E-state index in [1.807, 2.05) is 12.1 Å². The highest BCUT2D eigenvalue weighted by Gasteiger charge is 2.26. The topological polar surface area (TPSA) is 49.4 Å². The molecule has 1 aliphatic heterocycles. The van der Waals surface area contributed by atoms with E-state index in [2.05, 4.69) is 5.32 Å². The van der Waals surface area contributed by atoms with E-state index in [0.717, 1.165) is 12.1 Å². The van der Waals surface area contributed by atoms with Gasteiger partial charge in [-0.3, -0.25) is 9.59 Å². The van der Waals surface area contributed by atoms with Crippen LogP contribution in [0.3, 0.4) is 0 Å². The maximum absolute atomic E-state index is 11.8. The van der Waals surface area contributed by atoms with Crippen molar-refractivity contribution in [2.45, 2.75) is 12.8 Å². The number of rotatable bonds is 4. The van der Waals surface area contributed by atoms with Gasteiger partial charge in [-0.25, -0.2) is 0 Å². The van der Waals surface area contributed by atoms with Gasteiger partial charge in [0.2, 0.25) is 11.8 Å². The minimum Gasteiger partial charge on any atom is -0.355 e. The molecule has 2 amide bonds. The first-order valence-electron chi connectivity index (χ1n) is 6.29. The van der Waals surface area contributed by atoms with Crippen LogP contribution in [0.2, 0.25) is 5.02 Å². The van der Waals surface area contributed by atoms with Crippen LogP contribution in [0.15, 0.2) is 24.3 Å². The Balaban J connectivity index is 1.76. The normalized spacial score (nSPS) is 18.7. The number of nitrogens with one attached hydrogen (secondary N) is 1. The number of carbonyl (C=O) groups is 2. The molecule has 1 unspecified atom stereocenters. The molecule has 1 aliphatic rings. The van der Waals surface area contributed by atoms with Gasteiger partial charge in [0.15, 0.2) is 0 Å². The third-order valence-corrected chi connectivity index (χ3v) is 3.54. The van der Waals surface area contributed by atoms with Crippen molar-refractivity contribution < 1.29 is 9.59 Å². The van der Waals surface area contributed by atoms with Crippen molar-refractivity contribution in [3.8, 4) is 0 Å². The van der Waals surface area contributed by atoms with Gasteiger partial charge in [0, 0.05) is 37.5 Å². The van der Waals surface area contributed by atoms with Crippen LogP contribution in [0.4, 0.5) is 0 Å². The molecule has 0 aliphatic carbocycles. The molecule has 0 radical (unpaired) electrons. The summed E-state index contributed by atoms with van der Waals surface area (Å²) in [6.45, 7) is 1.28. The lowest BCUT2D eigenvalue weighted by Crippen LogP contribution is -2.31. The maximum Gasteiger partial charge on any atom is 0.224 e. The van der Waals surface area contributed by atoms with Crippen LogP contribution < -0.4 is 5.32 Å². The molecule has 0 aromatic heterocycles. The molecule has 1 aromatic carbocycles. The molecule has 4 nitrogen and oxygen atoms in total. The van der Waals surface area contributed by atoms with Gasteiger partial charge in [0.25, 0.3) is 0 Å². The molecule has 0 spiro atoms. The van der Waals surface area contributed by atoms with Crippen LogP contribution in [0.1, 0.15) is 12.0 Å². The zero-order valence-electron chi connectivity index (χ0n) is 10.9. The molecule has 0 bridgehead atoms. The first-order valence-corrected chi connectivity index (χ1v) is 6.67. The zero-order valence-corrected chi connectivity index (χ0v) is 11.6. The van der Waals surface area contributed by atoms with Gasteiger partial charge >= 0.3 is 0 Å². The predicted molar refractivity (Wildman–Crippen MR) is 73.9 cm³/mol. The summed E-state index contributed by atoms with van der Waals surface area (Å²) in [6, 6.07) is 7.23. The van der Waals surface area contributed by atoms with Gasteiger partial charge < -0.3 is 10.2 Å². The Bertz CT molecular complexity index is 473. The molecule has 1 heterocycles. The summed E-state index contributed by atoms with van der Waals surface area (Å²) in [5, 5.41) is 3.54. The monoisotopic (exact) mass is 280 g/mol. The van der Waals surface area contributed by atoms with Crippen molar-refractivity contribution in [3.63, 3.8) is 0 Å². The summed E-state index contributed by atoms with van der Waals surface area (Å²) >= 11 is 5.79. The largest absolute Gasteiger partial charge is 0.355 e. The standard InChI is InChI=1S/C14H17ClN2O2/c1-17-9-11(7-14(17)19)8-16-13(18)6-10-2-4-12(15)5-3-10/h2-5,11H,6-9H2,1H3,(H,16,18). The first kappa shape index (κ1) is 13.9. The lowest BCUT2D eigenvalue weighted by atomic mass is 10.1. The number of benzene rings is 1. The second-order valence-corrected chi connectivity index (χ2v) is 5.39. The Morgan fingerprint density at radius 2 is 2.11 bits per heavy atom. The summed E-state index contributed by atoms with van der Waals surface area (Å²) in [4.78, 5) is 24.8. The van der Waals surface area contributed by atoms with Gasteiger partial charge in [0.05, 0.1) is 6.42 Å². The number of likely N-dealkylation sites (tertiary alicyclic amines) is 1.